The van der Waals surface area contributed by atoms with Crippen LogP contribution in [0.2, 0.25) is 0 Å². The van der Waals surface area contributed by atoms with Crippen molar-refractivity contribution in [2.24, 2.45) is 4.99 Å². The Kier molecular flexibility index (Phi) is 3.17. The average molecular weight is 260 g/mol. The zero-order chi connectivity index (χ0) is 13.8. The summed E-state index contributed by atoms with van der Waals surface area (Å²) in [6.45, 7) is 0. The Labute approximate surface area is 117 Å². The third kappa shape index (κ3) is 2.38. The first kappa shape index (κ1) is 12.0. The van der Waals surface area contributed by atoms with Gasteiger partial charge in [0.1, 0.15) is 6.07 Å². The van der Waals surface area contributed by atoms with Crippen LogP contribution in [-0.2, 0) is 0 Å². The number of amidine groups is 1. The quantitative estimate of drug-likeness (QED) is 0.903. The molecule has 2 aromatic carbocycles. The lowest BCUT2D eigenvalue weighted by atomic mass is 10.1. The van der Waals surface area contributed by atoms with Crippen LogP contribution in [0.4, 0.5) is 5.69 Å². The number of aliphatic imine (C=N–C) groups is 1. The third-order valence-electron chi connectivity index (χ3n) is 2.92. The van der Waals surface area contributed by atoms with Crippen molar-refractivity contribution in [1.29, 1.82) is 5.26 Å². The first-order valence-corrected chi connectivity index (χ1v) is 6.24. The maximum atomic E-state index is 9.12. The number of hydrazine groups is 1. The molecule has 0 amide bonds. The van der Waals surface area contributed by atoms with E-state index in [2.05, 4.69) is 16.5 Å². The van der Waals surface area contributed by atoms with E-state index in [0.29, 0.717) is 0 Å². The van der Waals surface area contributed by atoms with Gasteiger partial charge in [0.05, 0.1) is 17.6 Å². The Hall–Kier alpha value is -3.06. The highest BCUT2D eigenvalue weighted by Crippen LogP contribution is 2.22. The van der Waals surface area contributed by atoms with Crippen molar-refractivity contribution in [2.75, 3.05) is 5.01 Å². The third-order valence-corrected chi connectivity index (χ3v) is 2.92. The van der Waals surface area contributed by atoms with Gasteiger partial charge in [-0.3, -0.25) is 10.4 Å². The van der Waals surface area contributed by atoms with Crippen LogP contribution in [0, 0.1) is 11.3 Å². The molecule has 0 spiro atoms. The SMILES string of the molecule is N#CC1=NC(c2ccccc2)=CN(c2ccccc2)N1. The Bertz CT molecular complexity index is 696. The number of hydrogen-bond donors (Lipinski definition) is 1. The van der Waals surface area contributed by atoms with Crippen LogP contribution in [0.15, 0.2) is 71.9 Å². The lowest BCUT2D eigenvalue weighted by molar-refractivity contribution is 0.913. The molecule has 0 saturated carbocycles. The van der Waals surface area contributed by atoms with Crippen molar-refractivity contribution in [3.63, 3.8) is 0 Å². The number of nitriles is 1. The van der Waals surface area contributed by atoms with E-state index < -0.39 is 0 Å². The molecule has 1 aliphatic heterocycles. The van der Waals surface area contributed by atoms with Gasteiger partial charge in [-0.15, -0.1) is 0 Å². The summed E-state index contributed by atoms with van der Waals surface area (Å²) in [4.78, 5) is 4.31. The second kappa shape index (κ2) is 5.29. The molecular weight excluding hydrogens is 248 g/mol. The Balaban J connectivity index is 2.02. The predicted octanol–water partition coefficient (Wildman–Crippen LogP) is 2.93. The molecule has 0 saturated heterocycles. The van der Waals surface area contributed by atoms with Gasteiger partial charge in [-0.05, 0) is 12.1 Å². The number of nitrogens with zero attached hydrogens (tertiary/aromatic N) is 3. The molecule has 0 unspecified atom stereocenters. The maximum Gasteiger partial charge on any atom is 0.225 e. The summed E-state index contributed by atoms with van der Waals surface area (Å²) in [7, 11) is 0. The van der Waals surface area contributed by atoms with Gasteiger partial charge in [0, 0.05) is 5.56 Å². The van der Waals surface area contributed by atoms with Gasteiger partial charge in [-0.2, -0.15) is 5.26 Å². The van der Waals surface area contributed by atoms with E-state index in [1.54, 1.807) is 5.01 Å². The topological polar surface area (TPSA) is 51.4 Å². The van der Waals surface area contributed by atoms with Gasteiger partial charge in [0.25, 0.3) is 0 Å². The molecule has 0 aromatic heterocycles. The minimum atomic E-state index is 0.273. The van der Waals surface area contributed by atoms with E-state index in [1.807, 2.05) is 66.9 Å². The fourth-order valence-electron chi connectivity index (χ4n) is 1.97. The second-order valence-corrected chi connectivity index (χ2v) is 4.27. The first-order chi connectivity index (χ1) is 9.86. The van der Waals surface area contributed by atoms with Gasteiger partial charge in [0.15, 0.2) is 0 Å². The molecule has 1 heterocycles. The van der Waals surface area contributed by atoms with Crippen molar-refractivity contribution in [3.8, 4) is 6.07 Å². The predicted molar refractivity (Wildman–Crippen MR) is 79.5 cm³/mol. The van der Waals surface area contributed by atoms with E-state index in [9.17, 15) is 0 Å². The van der Waals surface area contributed by atoms with Crippen LogP contribution in [0.1, 0.15) is 5.56 Å². The van der Waals surface area contributed by atoms with E-state index in [0.717, 1.165) is 16.9 Å². The number of nitrogens with one attached hydrogen (secondary N) is 1. The molecule has 0 atom stereocenters. The standard InChI is InChI=1S/C16H12N4/c17-11-16-18-15(13-7-3-1-4-8-13)12-20(19-16)14-9-5-2-6-10-14/h1-10,12H,(H,18,19). The Morgan fingerprint density at radius 2 is 1.60 bits per heavy atom. The summed E-state index contributed by atoms with van der Waals surface area (Å²) >= 11 is 0. The number of para-hydroxylation sites is 1. The molecular formula is C16H12N4. The van der Waals surface area contributed by atoms with Crippen molar-refractivity contribution in [3.05, 3.63) is 72.4 Å². The molecule has 0 fully saturated rings. The van der Waals surface area contributed by atoms with Crippen molar-refractivity contribution in [2.45, 2.75) is 0 Å². The van der Waals surface area contributed by atoms with E-state index in [1.165, 1.54) is 0 Å². The van der Waals surface area contributed by atoms with Crippen molar-refractivity contribution < 1.29 is 0 Å². The van der Waals surface area contributed by atoms with E-state index >= 15 is 0 Å². The van der Waals surface area contributed by atoms with Gasteiger partial charge in [0.2, 0.25) is 5.84 Å². The van der Waals surface area contributed by atoms with Crippen molar-refractivity contribution in [1.82, 2.24) is 5.43 Å². The van der Waals surface area contributed by atoms with Gasteiger partial charge in [-0.25, -0.2) is 4.99 Å². The average Bonchev–Trinajstić information content (AvgIpc) is 2.56. The first-order valence-electron chi connectivity index (χ1n) is 6.24. The zero-order valence-corrected chi connectivity index (χ0v) is 10.7. The van der Waals surface area contributed by atoms with Crippen LogP contribution >= 0.6 is 0 Å². The van der Waals surface area contributed by atoms with Gasteiger partial charge < -0.3 is 0 Å². The lowest BCUT2D eigenvalue weighted by Crippen LogP contribution is -2.40. The zero-order valence-electron chi connectivity index (χ0n) is 10.7. The normalized spacial score (nSPS) is 13.8. The van der Waals surface area contributed by atoms with Crippen LogP contribution in [0.5, 0.6) is 0 Å². The van der Waals surface area contributed by atoms with Crippen LogP contribution in [-0.4, -0.2) is 5.84 Å². The minimum Gasteiger partial charge on any atom is -0.268 e. The molecule has 3 rings (SSSR count). The molecule has 4 heteroatoms. The lowest BCUT2D eigenvalue weighted by Gasteiger charge is -2.25. The summed E-state index contributed by atoms with van der Waals surface area (Å²) in [5.74, 6) is 0.273. The van der Waals surface area contributed by atoms with Crippen molar-refractivity contribution >= 4 is 17.2 Å². The summed E-state index contributed by atoms with van der Waals surface area (Å²) in [6.07, 6.45) is 1.88. The largest absolute Gasteiger partial charge is 0.268 e. The molecule has 4 nitrogen and oxygen atoms in total. The molecule has 0 radical (unpaired) electrons. The van der Waals surface area contributed by atoms with E-state index in [4.69, 9.17) is 5.26 Å². The maximum absolute atomic E-state index is 9.12. The van der Waals surface area contributed by atoms with E-state index in [-0.39, 0.29) is 5.84 Å². The summed E-state index contributed by atoms with van der Waals surface area (Å²) in [5.41, 5.74) is 5.64. The fourth-order valence-corrected chi connectivity index (χ4v) is 1.97. The highest BCUT2D eigenvalue weighted by molar-refractivity contribution is 6.02. The Morgan fingerprint density at radius 1 is 0.950 bits per heavy atom. The Morgan fingerprint density at radius 3 is 2.25 bits per heavy atom. The van der Waals surface area contributed by atoms with Crippen LogP contribution in [0.25, 0.3) is 5.70 Å². The summed E-state index contributed by atoms with van der Waals surface area (Å²) in [6, 6.07) is 21.6. The summed E-state index contributed by atoms with van der Waals surface area (Å²) in [5, 5.41) is 10.9. The molecule has 2 aromatic rings. The molecule has 0 aliphatic carbocycles. The monoisotopic (exact) mass is 260 g/mol. The smallest absolute Gasteiger partial charge is 0.225 e. The summed E-state index contributed by atoms with van der Waals surface area (Å²) < 4.78 is 0. The number of rotatable bonds is 2. The second-order valence-electron chi connectivity index (χ2n) is 4.27. The van der Waals surface area contributed by atoms with Crippen LogP contribution in [0.3, 0.4) is 0 Å². The number of anilines is 1. The molecule has 1 N–H and O–H groups in total. The fraction of sp³-hybridized carbons (Fsp3) is 0. The molecule has 1 aliphatic rings. The molecule has 0 bridgehead atoms. The number of hydrogen-bond acceptors (Lipinski definition) is 4. The molecule has 96 valence electrons. The number of benzene rings is 2. The highest BCUT2D eigenvalue weighted by atomic mass is 15.5. The van der Waals surface area contributed by atoms with Gasteiger partial charge in [-0.1, -0.05) is 48.5 Å². The van der Waals surface area contributed by atoms with Crippen LogP contribution < -0.4 is 10.4 Å². The van der Waals surface area contributed by atoms with Gasteiger partial charge >= 0.3 is 0 Å². The highest BCUT2D eigenvalue weighted by Gasteiger charge is 2.14. The molecule has 20 heavy (non-hydrogen) atoms. The minimum absolute atomic E-state index is 0.273.